The van der Waals surface area contributed by atoms with E-state index in [4.69, 9.17) is 0 Å². The third-order valence-electron chi connectivity index (χ3n) is 4.31. The van der Waals surface area contributed by atoms with E-state index < -0.39 is 0 Å². The van der Waals surface area contributed by atoms with E-state index in [0.29, 0.717) is 6.54 Å². The highest BCUT2D eigenvalue weighted by molar-refractivity contribution is 5.81. The predicted octanol–water partition coefficient (Wildman–Crippen LogP) is 0.223. The van der Waals surface area contributed by atoms with Gasteiger partial charge < -0.3 is 15.1 Å². The Hall–Kier alpha value is -1.69. The van der Waals surface area contributed by atoms with E-state index in [0.717, 1.165) is 50.5 Å². The van der Waals surface area contributed by atoms with Gasteiger partial charge in [-0.3, -0.25) is 4.79 Å². The Labute approximate surface area is 125 Å². The Kier molecular flexibility index (Phi) is 4.34. The van der Waals surface area contributed by atoms with Gasteiger partial charge in [-0.05, 0) is 25.7 Å². The van der Waals surface area contributed by atoms with Gasteiger partial charge in [0.15, 0.2) is 0 Å². The standard InChI is InChI=1S/C15H23N5O/c1-19(10-14(21)20-8-6-16-7-9-20)15-12-4-2-3-5-13(12)17-11-18-15/h11,16H,2-10H2,1H3. The van der Waals surface area contributed by atoms with Crippen LogP contribution in [0.2, 0.25) is 0 Å². The summed E-state index contributed by atoms with van der Waals surface area (Å²) in [6.45, 7) is 3.77. The minimum atomic E-state index is 0.183. The van der Waals surface area contributed by atoms with Crippen molar-refractivity contribution in [3.63, 3.8) is 0 Å². The second kappa shape index (κ2) is 6.39. The number of hydrogen-bond donors (Lipinski definition) is 1. The number of fused-ring (bicyclic) bond motifs is 1. The molecule has 0 radical (unpaired) electrons. The smallest absolute Gasteiger partial charge is 0.242 e. The quantitative estimate of drug-likeness (QED) is 0.863. The average Bonchev–Trinajstić information content (AvgIpc) is 2.55. The van der Waals surface area contributed by atoms with Crippen LogP contribution in [-0.2, 0) is 17.6 Å². The fourth-order valence-electron chi connectivity index (χ4n) is 3.12. The number of nitrogens with zero attached hydrogens (tertiary/aromatic N) is 4. The van der Waals surface area contributed by atoms with Crippen molar-refractivity contribution in [3.05, 3.63) is 17.6 Å². The molecular weight excluding hydrogens is 266 g/mol. The summed E-state index contributed by atoms with van der Waals surface area (Å²) in [5.41, 5.74) is 2.40. The largest absolute Gasteiger partial charge is 0.350 e. The van der Waals surface area contributed by atoms with Crippen LogP contribution in [0.3, 0.4) is 0 Å². The maximum Gasteiger partial charge on any atom is 0.242 e. The molecule has 1 fully saturated rings. The molecule has 2 aliphatic rings. The normalized spacial score (nSPS) is 18.2. The Bertz CT molecular complexity index is 513. The molecule has 1 amide bonds. The van der Waals surface area contributed by atoms with Gasteiger partial charge in [-0.2, -0.15) is 0 Å². The molecule has 0 spiro atoms. The minimum Gasteiger partial charge on any atom is -0.350 e. The molecule has 1 aliphatic heterocycles. The van der Waals surface area contributed by atoms with E-state index in [1.165, 1.54) is 18.4 Å². The van der Waals surface area contributed by atoms with Crippen LogP contribution in [0, 0.1) is 0 Å². The molecule has 0 saturated carbocycles. The summed E-state index contributed by atoms with van der Waals surface area (Å²) >= 11 is 0. The first-order valence-corrected chi connectivity index (χ1v) is 7.78. The van der Waals surface area contributed by atoms with Gasteiger partial charge in [-0.15, -0.1) is 0 Å². The van der Waals surface area contributed by atoms with E-state index in [2.05, 4.69) is 15.3 Å². The Morgan fingerprint density at radius 2 is 2.05 bits per heavy atom. The highest BCUT2D eigenvalue weighted by Gasteiger charge is 2.22. The van der Waals surface area contributed by atoms with Crippen molar-refractivity contribution < 1.29 is 4.79 Å². The first-order valence-electron chi connectivity index (χ1n) is 7.78. The maximum atomic E-state index is 12.4. The first-order chi connectivity index (χ1) is 10.3. The Balaban J connectivity index is 1.70. The number of likely N-dealkylation sites (N-methyl/N-ethyl adjacent to an activating group) is 1. The SMILES string of the molecule is CN(CC(=O)N1CCNCC1)c1ncnc2c1CCCC2. The number of nitrogens with one attached hydrogen (secondary N) is 1. The van der Waals surface area contributed by atoms with Crippen LogP contribution in [0.1, 0.15) is 24.1 Å². The molecule has 3 rings (SSSR count). The van der Waals surface area contributed by atoms with Crippen LogP contribution in [0.25, 0.3) is 0 Å². The van der Waals surface area contributed by atoms with Crippen molar-refractivity contribution in [2.75, 3.05) is 44.7 Å². The zero-order valence-electron chi connectivity index (χ0n) is 12.6. The number of hydrogen-bond acceptors (Lipinski definition) is 5. The van der Waals surface area contributed by atoms with Gasteiger partial charge in [0.25, 0.3) is 0 Å². The van der Waals surface area contributed by atoms with Crippen LogP contribution < -0.4 is 10.2 Å². The molecule has 1 N–H and O–H groups in total. The first kappa shape index (κ1) is 14.3. The van der Waals surface area contributed by atoms with Gasteiger partial charge in [0.2, 0.25) is 5.91 Å². The van der Waals surface area contributed by atoms with Gasteiger partial charge in [-0.1, -0.05) is 0 Å². The van der Waals surface area contributed by atoms with Crippen LogP contribution in [-0.4, -0.2) is 60.5 Å². The highest BCUT2D eigenvalue weighted by Crippen LogP contribution is 2.26. The molecule has 1 aromatic heterocycles. The second-order valence-electron chi connectivity index (χ2n) is 5.82. The number of carbonyl (C=O) groups is 1. The zero-order valence-corrected chi connectivity index (χ0v) is 12.6. The molecule has 0 bridgehead atoms. The molecule has 114 valence electrons. The molecule has 0 unspecified atom stereocenters. The fourth-order valence-corrected chi connectivity index (χ4v) is 3.12. The third kappa shape index (κ3) is 3.15. The number of amides is 1. The lowest BCUT2D eigenvalue weighted by Crippen LogP contribution is -2.49. The van der Waals surface area contributed by atoms with Crippen molar-refractivity contribution >= 4 is 11.7 Å². The number of anilines is 1. The number of aromatic nitrogens is 2. The third-order valence-corrected chi connectivity index (χ3v) is 4.31. The van der Waals surface area contributed by atoms with Crippen molar-refractivity contribution in [2.45, 2.75) is 25.7 Å². The summed E-state index contributed by atoms with van der Waals surface area (Å²) in [6, 6.07) is 0. The molecule has 6 heteroatoms. The lowest BCUT2D eigenvalue weighted by molar-refractivity contribution is -0.130. The summed E-state index contributed by atoms with van der Waals surface area (Å²) < 4.78 is 0. The van der Waals surface area contributed by atoms with E-state index in [1.807, 2.05) is 16.8 Å². The van der Waals surface area contributed by atoms with Crippen LogP contribution >= 0.6 is 0 Å². The monoisotopic (exact) mass is 289 g/mol. The zero-order chi connectivity index (χ0) is 14.7. The van der Waals surface area contributed by atoms with Gasteiger partial charge in [-0.25, -0.2) is 9.97 Å². The summed E-state index contributed by atoms with van der Waals surface area (Å²) in [6.07, 6.45) is 6.08. The molecule has 0 atom stereocenters. The second-order valence-corrected chi connectivity index (χ2v) is 5.82. The van der Waals surface area contributed by atoms with E-state index in [9.17, 15) is 4.79 Å². The van der Waals surface area contributed by atoms with E-state index in [-0.39, 0.29) is 5.91 Å². The lowest BCUT2D eigenvalue weighted by Gasteiger charge is -2.30. The molecular formula is C15H23N5O. The van der Waals surface area contributed by atoms with Crippen LogP contribution in [0.4, 0.5) is 5.82 Å². The minimum absolute atomic E-state index is 0.183. The van der Waals surface area contributed by atoms with Crippen molar-refractivity contribution in [1.82, 2.24) is 20.2 Å². The molecule has 2 heterocycles. The molecule has 0 aromatic carbocycles. The number of rotatable bonds is 3. The average molecular weight is 289 g/mol. The van der Waals surface area contributed by atoms with E-state index in [1.54, 1.807) is 6.33 Å². The highest BCUT2D eigenvalue weighted by atomic mass is 16.2. The topological polar surface area (TPSA) is 61.4 Å². The van der Waals surface area contributed by atoms with Crippen molar-refractivity contribution in [2.24, 2.45) is 0 Å². The Morgan fingerprint density at radius 1 is 1.29 bits per heavy atom. The van der Waals surface area contributed by atoms with Crippen molar-refractivity contribution in [3.8, 4) is 0 Å². The maximum absolute atomic E-state index is 12.4. The summed E-state index contributed by atoms with van der Waals surface area (Å²) in [5.74, 6) is 1.12. The molecule has 1 aromatic rings. The number of carbonyl (C=O) groups excluding carboxylic acids is 1. The number of aryl methyl sites for hydroxylation is 1. The molecule has 1 aliphatic carbocycles. The van der Waals surface area contributed by atoms with Gasteiger partial charge in [0.1, 0.15) is 12.1 Å². The summed E-state index contributed by atoms with van der Waals surface area (Å²) in [4.78, 5) is 25.1. The van der Waals surface area contributed by atoms with E-state index >= 15 is 0 Å². The molecule has 1 saturated heterocycles. The molecule has 21 heavy (non-hydrogen) atoms. The fraction of sp³-hybridized carbons (Fsp3) is 0.667. The summed E-state index contributed by atoms with van der Waals surface area (Å²) in [7, 11) is 1.96. The summed E-state index contributed by atoms with van der Waals surface area (Å²) in [5, 5.41) is 3.27. The molecule has 6 nitrogen and oxygen atoms in total. The van der Waals surface area contributed by atoms with Gasteiger partial charge >= 0.3 is 0 Å². The van der Waals surface area contributed by atoms with Gasteiger partial charge in [0.05, 0.1) is 6.54 Å². The number of piperazine rings is 1. The van der Waals surface area contributed by atoms with Crippen LogP contribution in [0.5, 0.6) is 0 Å². The predicted molar refractivity (Wildman–Crippen MR) is 81.4 cm³/mol. The van der Waals surface area contributed by atoms with Crippen LogP contribution in [0.15, 0.2) is 6.33 Å². The lowest BCUT2D eigenvalue weighted by atomic mass is 9.96. The van der Waals surface area contributed by atoms with Crippen molar-refractivity contribution in [1.29, 1.82) is 0 Å². The van der Waals surface area contributed by atoms with Gasteiger partial charge in [0, 0.05) is 44.5 Å². The Morgan fingerprint density at radius 3 is 2.86 bits per heavy atom.